The smallest absolute Gasteiger partial charge is 0.255 e. The third-order valence-corrected chi connectivity index (χ3v) is 2.77. The van der Waals surface area contributed by atoms with Crippen LogP contribution in [0.1, 0.15) is 15.9 Å². The molecule has 0 atom stereocenters. The van der Waals surface area contributed by atoms with E-state index in [-0.39, 0.29) is 5.91 Å². The summed E-state index contributed by atoms with van der Waals surface area (Å²) in [5.74, 6) is 3.03. The van der Waals surface area contributed by atoms with Gasteiger partial charge < -0.3 is 10.1 Å². The van der Waals surface area contributed by atoms with E-state index in [1.807, 2.05) is 0 Å². The fourth-order valence-electron chi connectivity index (χ4n) is 1.75. The van der Waals surface area contributed by atoms with Crippen molar-refractivity contribution < 1.29 is 9.53 Å². The maximum Gasteiger partial charge on any atom is 0.255 e. The molecule has 0 fully saturated rings. The van der Waals surface area contributed by atoms with Crippen molar-refractivity contribution in [3.05, 3.63) is 72.3 Å². The molecule has 0 unspecified atom stereocenters. The lowest BCUT2D eigenvalue weighted by Crippen LogP contribution is -2.11. The van der Waals surface area contributed by atoms with Crippen molar-refractivity contribution in [2.75, 3.05) is 11.9 Å². The zero-order chi connectivity index (χ0) is 15.1. The van der Waals surface area contributed by atoms with Crippen LogP contribution in [-0.2, 0) is 0 Å². The van der Waals surface area contributed by atoms with E-state index in [9.17, 15) is 4.79 Å². The van der Waals surface area contributed by atoms with Gasteiger partial charge in [0.15, 0.2) is 0 Å². The van der Waals surface area contributed by atoms with Gasteiger partial charge >= 0.3 is 0 Å². The second-order valence-corrected chi connectivity index (χ2v) is 4.30. The molecule has 0 aliphatic heterocycles. The summed E-state index contributed by atoms with van der Waals surface area (Å²) in [7, 11) is 0. The van der Waals surface area contributed by atoms with Crippen LogP contribution in [0.4, 0.5) is 5.69 Å². The molecule has 0 bridgehead atoms. The van der Waals surface area contributed by atoms with Gasteiger partial charge in [-0.1, -0.05) is 24.6 Å². The summed E-state index contributed by atoms with van der Waals surface area (Å²) in [6, 6.07) is 14.1. The lowest BCUT2D eigenvalue weighted by Gasteiger charge is -2.07. The molecule has 3 nitrogen and oxygen atoms in total. The van der Waals surface area contributed by atoms with E-state index >= 15 is 0 Å². The van der Waals surface area contributed by atoms with E-state index in [4.69, 9.17) is 11.2 Å². The first-order chi connectivity index (χ1) is 10.2. The van der Waals surface area contributed by atoms with Gasteiger partial charge in [-0.2, -0.15) is 0 Å². The average Bonchev–Trinajstić information content (AvgIpc) is 2.53. The van der Waals surface area contributed by atoms with Crippen LogP contribution in [0.15, 0.2) is 61.2 Å². The van der Waals surface area contributed by atoms with Crippen LogP contribution in [0, 0.1) is 12.3 Å². The van der Waals surface area contributed by atoms with Gasteiger partial charge in [-0.3, -0.25) is 4.79 Å². The van der Waals surface area contributed by atoms with E-state index in [0.717, 1.165) is 5.56 Å². The highest BCUT2D eigenvalue weighted by molar-refractivity contribution is 6.04. The summed E-state index contributed by atoms with van der Waals surface area (Å²) >= 11 is 0. The molecule has 2 rings (SSSR count). The molecule has 0 aliphatic rings. The fraction of sp³-hybridized carbons (Fsp3) is 0.0556. The van der Waals surface area contributed by atoms with Gasteiger partial charge in [-0.05, 0) is 42.5 Å². The Morgan fingerprint density at radius 3 is 2.71 bits per heavy atom. The summed E-state index contributed by atoms with van der Waals surface area (Å²) in [6.45, 7) is 4.01. The minimum absolute atomic E-state index is 0.195. The molecule has 0 aromatic heterocycles. The van der Waals surface area contributed by atoms with Crippen molar-refractivity contribution in [3.8, 4) is 18.1 Å². The number of amides is 1. The Kier molecular flexibility index (Phi) is 4.79. The van der Waals surface area contributed by atoms with Crippen LogP contribution >= 0.6 is 0 Å². The molecule has 0 radical (unpaired) electrons. The number of hydrogen-bond donors (Lipinski definition) is 1. The first-order valence-electron chi connectivity index (χ1n) is 6.44. The number of terminal acetylenes is 1. The molecule has 0 aliphatic carbocycles. The molecule has 21 heavy (non-hydrogen) atoms. The molecule has 1 amide bonds. The van der Waals surface area contributed by atoms with Crippen LogP contribution in [0.2, 0.25) is 0 Å². The maximum atomic E-state index is 12.1. The molecule has 0 saturated carbocycles. The Morgan fingerprint density at radius 2 is 2.05 bits per heavy atom. The summed E-state index contributed by atoms with van der Waals surface area (Å²) in [5.41, 5.74) is 1.94. The lowest BCUT2D eigenvalue weighted by atomic mass is 10.1. The van der Waals surface area contributed by atoms with Gasteiger partial charge in [0.25, 0.3) is 5.91 Å². The lowest BCUT2D eigenvalue weighted by molar-refractivity contribution is 0.102. The Balaban J connectivity index is 2.06. The molecule has 0 spiro atoms. The number of benzene rings is 2. The maximum absolute atomic E-state index is 12.1. The molecule has 0 heterocycles. The quantitative estimate of drug-likeness (QED) is 0.671. The number of carbonyl (C=O) groups excluding carboxylic acids is 1. The average molecular weight is 277 g/mol. The van der Waals surface area contributed by atoms with Gasteiger partial charge in [0.2, 0.25) is 0 Å². The topological polar surface area (TPSA) is 38.3 Å². The summed E-state index contributed by atoms with van der Waals surface area (Å²) in [6.07, 6.45) is 7.00. The molecular formula is C18H15NO2. The van der Waals surface area contributed by atoms with Gasteiger partial charge in [0.1, 0.15) is 12.4 Å². The standard InChI is InChI=1S/C18H15NO2/c1-3-12-21-17-10-8-15(9-11-17)18(20)19-16-7-5-6-14(4-2)13-16/h2-3,5-11,13H,1,12H2,(H,19,20). The van der Waals surface area contributed by atoms with Crippen molar-refractivity contribution in [2.45, 2.75) is 0 Å². The highest BCUT2D eigenvalue weighted by atomic mass is 16.5. The van der Waals surface area contributed by atoms with Crippen molar-refractivity contribution in [3.63, 3.8) is 0 Å². The first kappa shape index (κ1) is 14.4. The Morgan fingerprint density at radius 1 is 1.29 bits per heavy atom. The summed E-state index contributed by atoms with van der Waals surface area (Å²) in [5, 5.41) is 2.80. The third kappa shape index (κ3) is 3.99. The highest BCUT2D eigenvalue weighted by Crippen LogP contribution is 2.15. The third-order valence-electron chi connectivity index (χ3n) is 2.77. The second-order valence-electron chi connectivity index (χ2n) is 4.30. The number of carbonyl (C=O) groups is 1. The summed E-state index contributed by atoms with van der Waals surface area (Å²) in [4.78, 5) is 12.1. The van der Waals surface area contributed by atoms with Crippen LogP contribution in [-0.4, -0.2) is 12.5 Å². The van der Waals surface area contributed by atoms with Crippen molar-refractivity contribution >= 4 is 11.6 Å². The molecule has 0 saturated heterocycles. The zero-order valence-corrected chi connectivity index (χ0v) is 11.5. The van der Waals surface area contributed by atoms with E-state index < -0.39 is 0 Å². The van der Waals surface area contributed by atoms with Gasteiger partial charge in [-0.25, -0.2) is 0 Å². The largest absolute Gasteiger partial charge is 0.490 e. The number of hydrogen-bond acceptors (Lipinski definition) is 2. The second kappa shape index (κ2) is 6.97. The van der Waals surface area contributed by atoms with Gasteiger partial charge in [0, 0.05) is 16.8 Å². The van der Waals surface area contributed by atoms with Gasteiger partial charge in [-0.15, -0.1) is 6.42 Å². The van der Waals surface area contributed by atoms with Crippen molar-refractivity contribution in [1.29, 1.82) is 0 Å². The van der Waals surface area contributed by atoms with E-state index in [1.165, 1.54) is 0 Å². The van der Waals surface area contributed by atoms with Crippen LogP contribution in [0.5, 0.6) is 5.75 Å². The summed E-state index contributed by atoms with van der Waals surface area (Å²) < 4.78 is 5.37. The minimum atomic E-state index is -0.195. The van der Waals surface area contributed by atoms with Crippen molar-refractivity contribution in [1.82, 2.24) is 0 Å². The highest BCUT2D eigenvalue weighted by Gasteiger charge is 2.06. The number of rotatable bonds is 5. The predicted octanol–water partition coefficient (Wildman–Crippen LogP) is 3.49. The molecule has 104 valence electrons. The molecular weight excluding hydrogens is 262 g/mol. The number of nitrogens with one attached hydrogen (secondary N) is 1. The monoisotopic (exact) mass is 277 g/mol. The van der Waals surface area contributed by atoms with Crippen LogP contribution in [0.3, 0.4) is 0 Å². The number of anilines is 1. The van der Waals surface area contributed by atoms with Gasteiger partial charge in [0.05, 0.1) is 0 Å². The Labute approximate surface area is 124 Å². The fourth-order valence-corrected chi connectivity index (χ4v) is 1.75. The molecule has 2 aromatic carbocycles. The normalized spacial score (nSPS) is 9.48. The first-order valence-corrected chi connectivity index (χ1v) is 6.44. The minimum Gasteiger partial charge on any atom is -0.490 e. The number of ether oxygens (including phenoxy) is 1. The van der Waals surface area contributed by atoms with E-state index in [1.54, 1.807) is 54.6 Å². The van der Waals surface area contributed by atoms with Crippen LogP contribution < -0.4 is 10.1 Å². The van der Waals surface area contributed by atoms with E-state index in [0.29, 0.717) is 23.6 Å². The SMILES string of the molecule is C#Cc1cccc(NC(=O)c2ccc(OCC=C)cc2)c1. The van der Waals surface area contributed by atoms with E-state index in [2.05, 4.69) is 17.8 Å². The Hall–Kier alpha value is -2.99. The predicted molar refractivity (Wildman–Crippen MR) is 84.5 cm³/mol. The molecule has 2 aromatic rings. The van der Waals surface area contributed by atoms with Crippen LogP contribution in [0.25, 0.3) is 0 Å². The van der Waals surface area contributed by atoms with Crippen molar-refractivity contribution in [2.24, 2.45) is 0 Å². The Bertz CT molecular complexity index is 681. The molecule has 3 heteroatoms. The molecule has 1 N–H and O–H groups in total. The zero-order valence-electron chi connectivity index (χ0n) is 11.5.